The van der Waals surface area contributed by atoms with E-state index in [-0.39, 0.29) is 0 Å². The first-order valence-electron chi connectivity index (χ1n) is 8.97. The van der Waals surface area contributed by atoms with Gasteiger partial charge in [0, 0.05) is 6.61 Å². The molecule has 0 aromatic carbocycles. The van der Waals surface area contributed by atoms with Crippen LogP contribution in [0, 0.1) is 34.5 Å². The van der Waals surface area contributed by atoms with Crippen molar-refractivity contribution < 1.29 is 5.11 Å². The molecule has 4 aliphatic carbocycles. The van der Waals surface area contributed by atoms with Crippen LogP contribution in [0.15, 0.2) is 12.2 Å². The average Bonchev–Trinajstić information content (AvgIpc) is 2.91. The molecule has 1 N–H and O–H groups in total. The SMILES string of the molecule is C[C@]12CCC=CC1CC[C@H]1[C@@H]3CCC[C@@]3(CO)CC[C@@H]12. The van der Waals surface area contributed by atoms with Crippen molar-refractivity contribution in [3.63, 3.8) is 0 Å². The Balaban J connectivity index is 1.66. The predicted octanol–water partition coefficient (Wildman–Crippen LogP) is 4.56. The van der Waals surface area contributed by atoms with E-state index < -0.39 is 0 Å². The van der Waals surface area contributed by atoms with E-state index in [1.807, 2.05) is 0 Å². The van der Waals surface area contributed by atoms with Crippen LogP contribution in [0.5, 0.6) is 0 Å². The first-order valence-corrected chi connectivity index (χ1v) is 8.97. The van der Waals surface area contributed by atoms with Crippen molar-refractivity contribution in [2.45, 2.75) is 64.7 Å². The molecule has 1 nitrogen and oxygen atoms in total. The molecule has 0 amide bonds. The van der Waals surface area contributed by atoms with Gasteiger partial charge >= 0.3 is 0 Å². The first kappa shape index (κ1) is 13.4. The number of hydrogen-bond donors (Lipinski definition) is 1. The summed E-state index contributed by atoms with van der Waals surface area (Å²) in [5.74, 6) is 3.55. The number of allylic oxidation sites excluding steroid dienone is 2. The number of rotatable bonds is 1. The van der Waals surface area contributed by atoms with Gasteiger partial charge in [0.1, 0.15) is 0 Å². The molecule has 1 unspecified atom stereocenters. The molecule has 3 saturated carbocycles. The Hall–Kier alpha value is -0.300. The lowest BCUT2D eigenvalue weighted by Gasteiger charge is -2.59. The highest BCUT2D eigenvalue weighted by molar-refractivity contribution is 5.12. The second-order valence-electron chi connectivity index (χ2n) is 8.48. The first-order chi connectivity index (χ1) is 9.70. The molecule has 4 aliphatic rings. The summed E-state index contributed by atoms with van der Waals surface area (Å²) in [6, 6.07) is 0. The molecule has 6 atom stereocenters. The van der Waals surface area contributed by atoms with Crippen LogP contribution in [0.2, 0.25) is 0 Å². The van der Waals surface area contributed by atoms with Gasteiger partial charge in [0.05, 0.1) is 0 Å². The van der Waals surface area contributed by atoms with Crippen LogP contribution in [0.1, 0.15) is 64.7 Å². The summed E-state index contributed by atoms with van der Waals surface area (Å²) in [6.07, 6.45) is 17.3. The van der Waals surface area contributed by atoms with Crippen LogP contribution in [-0.4, -0.2) is 11.7 Å². The van der Waals surface area contributed by atoms with E-state index in [2.05, 4.69) is 19.1 Å². The van der Waals surface area contributed by atoms with Crippen molar-refractivity contribution in [1.82, 2.24) is 0 Å². The fourth-order valence-electron chi connectivity index (χ4n) is 6.90. The van der Waals surface area contributed by atoms with Gasteiger partial charge in [0.25, 0.3) is 0 Å². The molecule has 0 aromatic rings. The highest BCUT2D eigenvalue weighted by Crippen LogP contribution is 2.65. The molecule has 3 fully saturated rings. The van der Waals surface area contributed by atoms with E-state index in [1.54, 1.807) is 0 Å². The Morgan fingerprint density at radius 1 is 1.05 bits per heavy atom. The summed E-state index contributed by atoms with van der Waals surface area (Å²) < 4.78 is 0. The highest BCUT2D eigenvalue weighted by atomic mass is 16.3. The van der Waals surface area contributed by atoms with Gasteiger partial charge in [-0.05, 0) is 85.9 Å². The van der Waals surface area contributed by atoms with Gasteiger partial charge in [-0.3, -0.25) is 0 Å². The smallest absolute Gasteiger partial charge is 0.0490 e. The van der Waals surface area contributed by atoms with Crippen LogP contribution in [0.3, 0.4) is 0 Å². The van der Waals surface area contributed by atoms with Crippen LogP contribution < -0.4 is 0 Å². The van der Waals surface area contributed by atoms with Gasteiger partial charge in [0.15, 0.2) is 0 Å². The van der Waals surface area contributed by atoms with E-state index >= 15 is 0 Å². The van der Waals surface area contributed by atoms with Gasteiger partial charge in [0.2, 0.25) is 0 Å². The third-order valence-electron chi connectivity index (χ3n) is 8.00. The molecule has 0 aromatic heterocycles. The second-order valence-corrected chi connectivity index (χ2v) is 8.48. The minimum Gasteiger partial charge on any atom is -0.396 e. The summed E-state index contributed by atoms with van der Waals surface area (Å²) in [5.41, 5.74) is 0.900. The summed E-state index contributed by atoms with van der Waals surface area (Å²) in [6.45, 7) is 3.06. The number of aliphatic hydroxyl groups is 1. The molecule has 0 aliphatic heterocycles. The zero-order chi connectivity index (χ0) is 13.8. The predicted molar refractivity (Wildman–Crippen MR) is 82.3 cm³/mol. The lowest BCUT2D eigenvalue weighted by Crippen LogP contribution is -2.52. The topological polar surface area (TPSA) is 20.2 Å². The molecule has 0 radical (unpaired) electrons. The van der Waals surface area contributed by atoms with E-state index in [1.165, 1.54) is 57.8 Å². The minimum atomic E-state index is 0.328. The fraction of sp³-hybridized carbons (Fsp3) is 0.895. The molecule has 4 rings (SSSR count). The zero-order valence-electron chi connectivity index (χ0n) is 13.0. The largest absolute Gasteiger partial charge is 0.396 e. The molecule has 20 heavy (non-hydrogen) atoms. The Labute approximate surface area is 123 Å². The summed E-state index contributed by atoms with van der Waals surface area (Å²) in [7, 11) is 0. The lowest BCUT2D eigenvalue weighted by molar-refractivity contribution is -0.0997. The molecule has 0 spiro atoms. The van der Waals surface area contributed by atoms with Crippen molar-refractivity contribution >= 4 is 0 Å². The van der Waals surface area contributed by atoms with Crippen molar-refractivity contribution in [3.8, 4) is 0 Å². The molecule has 0 bridgehead atoms. The zero-order valence-corrected chi connectivity index (χ0v) is 13.0. The van der Waals surface area contributed by atoms with E-state index in [0.717, 1.165) is 23.7 Å². The van der Waals surface area contributed by atoms with Crippen LogP contribution in [0.25, 0.3) is 0 Å². The fourth-order valence-corrected chi connectivity index (χ4v) is 6.90. The van der Waals surface area contributed by atoms with E-state index in [0.29, 0.717) is 17.4 Å². The monoisotopic (exact) mass is 274 g/mol. The molecule has 1 heteroatoms. The average molecular weight is 274 g/mol. The molecule has 0 saturated heterocycles. The standard InChI is InChI=1S/C19H30O/c1-18-10-3-2-5-14(18)7-8-15-16(18)9-12-19(13-20)11-4-6-17(15)19/h2,5,14-17,20H,3-4,6-13H2,1H3/t14?,15-,16+,17+,18+,19+/m1/s1. The van der Waals surface area contributed by atoms with Crippen molar-refractivity contribution in [2.24, 2.45) is 34.5 Å². The summed E-state index contributed by atoms with van der Waals surface area (Å²) >= 11 is 0. The van der Waals surface area contributed by atoms with Crippen molar-refractivity contribution in [2.75, 3.05) is 6.61 Å². The van der Waals surface area contributed by atoms with Crippen molar-refractivity contribution in [1.29, 1.82) is 0 Å². The molecular formula is C19H30O. The highest BCUT2D eigenvalue weighted by Gasteiger charge is 2.57. The molecule has 0 heterocycles. The van der Waals surface area contributed by atoms with E-state index in [4.69, 9.17) is 0 Å². The van der Waals surface area contributed by atoms with Gasteiger partial charge in [-0.1, -0.05) is 25.5 Å². The van der Waals surface area contributed by atoms with Crippen LogP contribution >= 0.6 is 0 Å². The van der Waals surface area contributed by atoms with Gasteiger partial charge in [-0.25, -0.2) is 0 Å². The Morgan fingerprint density at radius 2 is 1.95 bits per heavy atom. The number of hydrogen-bond acceptors (Lipinski definition) is 1. The lowest BCUT2D eigenvalue weighted by atomic mass is 9.46. The quantitative estimate of drug-likeness (QED) is 0.695. The molecular weight excluding hydrogens is 244 g/mol. The Bertz CT molecular complexity index is 414. The maximum Gasteiger partial charge on any atom is 0.0490 e. The maximum atomic E-state index is 10.0. The number of aliphatic hydroxyl groups excluding tert-OH is 1. The van der Waals surface area contributed by atoms with Crippen molar-refractivity contribution in [3.05, 3.63) is 12.2 Å². The van der Waals surface area contributed by atoms with E-state index in [9.17, 15) is 5.11 Å². The minimum absolute atomic E-state index is 0.328. The Kier molecular flexibility index (Phi) is 3.07. The maximum absolute atomic E-state index is 10.0. The second kappa shape index (κ2) is 4.60. The van der Waals surface area contributed by atoms with Crippen LogP contribution in [-0.2, 0) is 0 Å². The van der Waals surface area contributed by atoms with Gasteiger partial charge in [-0.15, -0.1) is 0 Å². The summed E-state index contributed by atoms with van der Waals surface area (Å²) in [4.78, 5) is 0. The normalized spacial score (nSPS) is 54.1. The summed E-state index contributed by atoms with van der Waals surface area (Å²) in [5, 5.41) is 10.0. The Morgan fingerprint density at radius 3 is 2.80 bits per heavy atom. The third kappa shape index (κ3) is 1.65. The van der Waals surface area contributed by atoms with Gasteiger partial charge in [-0.2, -0.15) is 0 Å². The molecule has 112 valence electrons. The van der Waals surface area contributed by atoms with Gasteiger partial charge < -0.3 is 5.11 Å². The third-order valence-corrected chi connectivity index (χ3v) is 8.00. The van der Waals surface area contributed by atoms with Crippen LogP contribution in [0.4, 0.5) is 0 Å². The number of fused-ring (bicyclic) bond motifs is 5.